The molecule has 1 N–H and O–H groups in total. The normalized spacial score (nSPS) is 10.6. The monoisotopic (exact) mass is 252 g/mol. The maximum absolute atomic E-state index is 13.6. The summed E-state index contributed by atoms with van der Waals surface area (Å²) in [4.78, 5) is 10.7. The summed E-state index contributed by atoms with van der Waals surface area (Å²) < 4.78 is 28.1. The van der Waals surface area contributed by atoms with Crippen molar-refractivity contribution in [1.82, 2.24) is 9.78 Å². The minimum atomic E-state index is -1.06. The zero-order chi connectivity index (χ0) is 13.3. The highest BCUT2D eigenvalue weighted by molar-refractivity contribution is 5.75. The zero-order valence-electron chi connectivity index (χ0n) is 9.52. The summed E-state index contributed by atoms with van der Waals surface area (Å²) in [5.41, 5.74) is 0.628. The van der Waals surface area contributed by atoms with E-state index in [1.807, 2.05) is 0 Å². The van der Waals surface area contributed by atoms with Crippen LogP contribution < -0.4 is 0 Å². The highest BCUT2D eigenvalue weighted by Gasteiger charge is 2.17. The minimum absolute atomic E-state index is 0.0133. The average molecular weight is 252 g/mol. The lowest BCUT2D eigenvalue weighted by atomic mass is 10.0. The molecule has 0 radical (unpaired) electrons. The van der Waals surface area contributed by atoms with E-state index in [0.29, 0.717) is 5.69 Å². The molecule has 0 amide bonds. The molecule has 0 unspecified atom stereocenters. The molecular weight excluding hydrogens is 242 g/mol. The van der Waals surface area contributed by atoms with Crippen LogP contribution in [0.25, 0.3) is 11.1 Å². The molecule has 0 saturated heterocycles. The third-order valence-corrected chi connectivity index (χ3v) is 2.60. The smallest absolute Gasteiger partial charge is 0.309 e. The second-order valence-corrected chi connectivity index (χ2v) is 3.82. The van der Waals surface area contributed by atoms with Gasteiger partial charge in [-0.1, -0.05) is 0 Å². The fourth-order valence-electron chi connectivity index (χ4n) is 1.74. The molecule has 94 valence electrons. The van der Waals surface area contributed by atoms with Gasteiger partial charge in [0.05, 0.1) is 18.3 Å². The van der Waals surface area contributed by atoms with Gasteiger partial charge >= 0.3 is 5.97 Å². The van der Waals surface area contributed by atoms with Crippen molar-refractivity contribution in [2.24, 2.45) is 7.05 Å². The first-order valence-electron chi connectivity index (χ1n) is 5.17. The van der Waals surface area contributed by atoms with Crippen LogP contribution in [-0.4, -0.2) is 20.9 Å². The molecule has 0 aliphatic carbocycles. The third-order valence-electron chi connectivity index (χ3n) is 2.60. The predicted octanol–water partition coefficient (Wildman–Crippen LogP) is 1.99. The van der Waals surface area contributed by atoms with Crippen molar-refractivity contribution >= 4 is 5.97 Å². The maximum atomic E-state index is 13.6. The van der Waals surface area contributed by atoms with Crippen LogP contribution in [0.1, 0.15) is 5.69 Å². The van der Waals surface area contributed by atoms with Crippen LogP contribution in [0.3, 0.4) is 0 Å². The van der Waals surface area contributed by atoms with Gasteiger partial charge in [-0.25, -0.2) is 8.78 Å². The number of carboxylic acids is 1. The van der Waals surface area contributed by atoms with Crippen molar-refractivity contribution in [2.75, 3.05) is 0 Å². The van der Waals surface area contributed by atoms with Gasteiger partial charge < -0.3 is 5.11 Å². The number of halogens is 2. The zero-order valence-corrected chi connectivity index (χ0v) is 9.52. The lowest BCUT2D eigenvalue weighted by Gasteiger charge is -2.05. The van der Waals surface area contributed by atoms with Gasteiger partial charge in [0.1, 0.15) is 11.6 Å². The van der Waals surface area contributed by atoms with E-state index in [1.54, 1.807) is 7.05 Å². The van der Waals surface area contributed by atoms with Gasteiger partial charge in [-0.3, -0.25) is 9.48 Å². The SMILES string of the molecule is Cn1ncc(-c2cc(F)ccc2F)c1CC(=O)O. The number of aliphatic carboxylic acids is 1. The first-order valence-corrected chi connectivity index (χ1v) is 5.17. The van der Waals surface area contributed by atoms with E-state index >= 15 is 0 Å². The maximum Gasteiger partial charge on any atom is 0.309 e. The van der Waals surface area contributed by atoms with Crippen molar-refractivity contribution in [3.8, 4) is 11.1 Å². The molecule has 1 aromatic carbocycles. The molecule has 1 heterocycles. The predicted molar refractivity (Wildman–Crippen MR) is 59.9 cm³/mol. The number of rotatable bonds is 3. The van der Waals surface area contributed by atoms with Crippen molar-refractivity contribution in [3.05, 3.63) is 41.7 Å². The van der Waals surface area contributed by atoms with Gasteiger partial charge in [-0.15, -0.1) is 0 Å². The summed E-state index contributed by atoms with van der Waals surface area (Å²) in [7, 11) is 1.55. The molecule has 0 aliphatic rings. The van der Waals surface area contributed by atoms with Crippen LogP contribution in [0.4, 0.5) is 8.78 Å². The molecule has 0 spiro atoms. The highest BCUT2D eigenvalue weighted by Crippen LogP contribution is 2.27. The van der Waals surface area contributed by atoms with Gasteiger partial charge in [0.15, 0.2) is 0 Å². The van der Waals surface area contributed by atoms with Crippen LogP contribution in [0.15, 0.2) is 24.4 Å². The Kier molecular flexibility index (Phi) is 3.10. The van der Waals surface area contributed by atoms with Crippen LogP contribution >= 0.6 is 0 Å². The number of nitrogens with zero attached hydrogens (tertiary/aromatic N) is 2. The molecule has 4 nitrogen and oxygen atoms in total. The molecule has 0 saturated carbocycles. The van der Waals surface area contributed by atoms with Gasteiger partial charge in [-0.05, 0) is 18.2 Å². The van der Waals surface area contributed by atoms with Gasteiger partial charge in [-0.2, -0.15) is 5.10 Å². The molecule has 6 heteroatoms. The first-order chi connectivity index (χ1) is 8.49. The minimum Gasteiger partial charge on any atom is -0.481 e. The van der Waals surface area contributed by atoms with E-state index in [-0.39, 0.29) is 17.5 Å². The van der Waals surface area contributed by atoms with Crippen LogP contribution in [0.5, 0.6) is 0 Å². The summed E-state index contributed by atoms with van der Waals surface area (Å²) in [6.45, 7) is 0. The fourth-order valence-corrected chi connectivity index (χ4v) is 1.74. The van der Waals surface area contributed by atoms with E-state index in [0.717, 1.165) is 18.2 Å². The number of aromatic nitrogens is 2. The lowest BCUT2D eigenvalue weighted by molar-refractivity contribution is -0.136. The number of benzene rings is 1. The largest absolute Gasteiger partial charge is 0.481 e. The molecule has 0 fully saturated rings. The Morgan fingerprint density at radius 3 is 2.78 bits per heavy atom. The molecule has 1 aromatic heterocycles. The van der Waals surface area contributed by atoms with Crippen molar-refractivity contribution in [3.63, 3.8) is 0 Å². The van der Waals surface area contributed by atoms with E-state index < -0.39 is 17.6 Å². The molecular formula is C12H10F2N2O2. The Balaban J connectivity index is 2.57. The molecule has 2 rings (SSSR count). The highest BCUT2D eigenvalue weighted by atomic mass is 19.1. The van der Waals surface area contributed by atoms with Crippen molar-refractivity contribution in [2.45, 2.75) is 6.42 Å². The van der Waals surface area contributed by atoms with Crippen molar-refractivity contribution in [1.29, 1.82) is 0 Å². The third kappa shape index (κ3) is 2.22. The summed E-state index contributed by atoms with van der Waals surface area (Å²) in [5, 5.41) is 12.7. The molecule has 0 aliphatic heterocycles. The summed E-state index contributed by atoms with van der Waals surface area (Å²) >= 11 is 0. The van der Waals surface area contributed by atoms with E-state index in [1.165, 1.54) is 10.9 Å². The number of hydrogen-bond donors (Lipinski definition) is 1. The van der Waals surface area contributed by atoms with E-state index in [2.05, 4.69) is 5.10 Å². The summed E-state index contributed by atoms with van der Waals surface area (Å²) in [6, 6.07) is 3.03. The molecule has 0 bridgehead atoms. The van der Waals surface area contributed by atoms with Gasteiger partial charge in [0.25, 0.3) is 0 Å². The van der Waals surface area contributed by atoms with Gasteiger partial charge in [0.2, 0.25) is 0 Å². The fraction of sp³-hybridized carbons (Fsp3) is 0.167. The number of carbonyl (C=O) groups is 1. The van der Waals surface area contributed by atoms with Gasteiger partial charge in [0, 0.05) is 18.2 Å². The topological polar surface area (TPSA) is 55.1 Å². The number of carboxylic acid groups (broad SMARTS) is 1. The molecule has 0 atom stereocenters. The Morgan fingerprint density at radius 1 is 1.39 bits per heavy atom. The first kappa shape index (κ1) is 12.2. The van der Waals surface area contributed by atoms with E-state index in [9.17, 15) is 13.6 Å². The lowest BCUT2D eigenvalue weighted by Crippen LogP contribution is -2.07. The standard InChI is InChI=1S/C12H10F2N2O2/c1-16-11(5-12(17)18)9(6-15-16)8-4-7(13)2-3-10(8)14/h2-4,6H,5H2,1H3,(H,17,18). The van der Waals surface area contributed by atoms with Crippen LogP contribution in [0, 0.1) is 11.6 Å². The molecule has 2 aromatic rings. The summed E-state index contributed by atoms with van der Waals surface area (Å²) in [6.07, 6.45) is 1.03. The summed E-state index contributed by atoms with van der Waals surface area (Å²) in [5.74, 6) is -2.26. The van der Waals surface area contributed by atoms with Crippen LogP contribution in [-0.2, 0) is 18.3 Å². The second-order valence-electron chi connectivity index (χ2n) is 3.82. The Labute approximate surface area is 101 Å². The Morgan fingerprint density at radius 2 is 2.11 bits per heavy atom. The number of hydrogen-bond acceptors (Lipinski definition) is 2. The molecule has 18 heavy (non-hydrogen) atoms. The Bertz CT molecular complexity index is 608. The second kappa shape index (κ2) is 4.56. The Hall–Kier alpha value is -2.24. The quantitative estimate of drug-likeness (QED) is 0.908. The van der Waals surface area contributed by atoms with Crippen LogP contribution in [0.2, 0.25) is 0 Å². The van der Waals surface area contributed by atoms with Crippen molar-refractivity contribution < 1.29 is 18.7 Å². The average Bonchev–Trinajstić information content (AvgIpc) is 2.64. The number of aryl methyl sites for hydroxylation is 1. The van der Waals surface area contributed by atoms with E-state index in [4.69, 9.17) is 5.11 Å².